The highest BCUT2D eigenvalue weighted by Gasteiger charge is 2.07. The number of nitrogens with zero attached hydrogens (tertiary/aromatic N) is 1. The zero-order valence-corrected chi connectivity index (χ0v) is 15.8. The van der Waals surface area contributed by atoms with Crippen molar-refractivity contribution < 1.29 is 19.0 Å². The Morgan fingerprint density at radius 2 is 1.86 bits per heavy atom. The number of carbonyl (C=O) groups is 1. The number of rotatable bonds is 6. The van der Waals surface area contributed by atoms with E-state index in [9.17, 15) is 19.6 Å². The highest BCUT2D eigenvalue weighted by atomic mass is 35.5. The normalized spacial score (nSPS) is 11.0. The summed E-state index contributed by atoms with van der Waals surface area (Å²) in [7, 11) is 0. The van der Waals surface area contributed by atoms with Crippen LogP contribution < -0.4 is 9.84 Å². The summed E-state index contributed by atoms with van der Waals surface area (Å²) in [5, 5.41) is 20.6. The first kappa shape index (κ1) is 20.1. The molecule has 0 aliphatic carbocycles. The third-order valence-electron chi connectivity index (χ3n) is 4.08. The smallest absolute Gasteiger partial charge is 0.138 e. The molecule has 3 aromatic carbocycles. The van der Waals surface area contributed by atoms with Gasteiger partial charge in [0.1, 0.15) is 18.2 Å². The van der Waals surface area contributed by atoms with Gasteiger partial charge in [0, 0.05) is 0 Å². The number of halogens is 2. The number of carboxylic acid groups (broad SMARTS) is 1. The summed E-state index contributed by atoms with van der Waals surface area (Å²) < 4.78 is 19.1. The lowest BCUT2D eigenvalue weighted by atomic mass is 10.0. The Morgan fingerprint density at radius 1 is 1.10 bits per heavy atom. The summed E-state index contributed by atoms with van der Waals surface area (Å²) in [5.74, 6) is -1.27. The number of benzene rings is 3. The first-order valence-corrected chi connectivity index (χ1v) is 8.94. The SMILES string of the molecule is N#C/C(=C\c1ccc(OCc2cccc(C(=O)[O-])c2)c(Cl)c1)c1cccc(F)c1. The van der Waals surface area contributed by atoms with Gasteiger partial charge in [0.05, 0.1) is 22.6 Å². The van der Waals surface area contributed by atoms with Crippen molar-refractivity contribution in [3.63, 3.8) is 0 Å². The van der Waals surface area contributed by atoms with Crippen LogP contribution in [0.15, 0.2) is 66.7 Å². The Balaban J connectivity index is 1.77. The second-order valence-corrected chi connectivity index (χ2v) is 6.55. The summed E-state index contributed by atoms with van der Waals surface area (Å²) >= 11 is 6.27. The number of allylic oxidation sites excluding steroid dienone is 1. The van der Waals surface area contributed by atoms with E-state index in [-0.39, 0.29) is 12.2 Å². The molecule has 0 radical (unpaired) electrons. The van der Waals surface area contributed by atoms with Crippen molar-refractivity contribution in [2.75, 3.05) is 0 Å². The Labute approximate surface area is 172 Å². The molecule has 6 heteroatoms. The second kappa shape index (κ2) is 9.05. The minimum Gasteiger partial charge on any atom is -0.545 e. The van der Waals surface area contributed by atoms with Crippen molar-refractivity contribution in [1.82, 2.24) is 0 Å². The average molecular weight is 407 g/mol. The third kappa shape index (κ3) is 5.22. The summed E-state index contributed by atoms with van der Waals surface area (Å²) in [6, 6.07) is 19.1. The van der Waals surface area contributed by atoms with Gasteiger partial charge in [-0.1, -0.05) is 48.0 Å². The summed E-state index contributed by atoms with van der Waals surface area (Å²) in [6.07, 6.45) is 1.60. The molecule has 0 heterocycles. The maximum Gasteiger partial charge on any atom is 0.138 e. The molecule has 144 valence electrons. The van der Waals surface area contributed by atoms with Gasteiger partial charge in [-0.2, -0.15) is 5.26 Å². The summed E-state index contributed by atoms with van der Waals surface area (Å²) in [6.45, 7) is 0.128. The number of nitriles is 1. The van der Waals surface area contributed by atoms with E-state index in [1.54, 1.807) is 42.5 Å². The van der Waals surface area contributed by atoms with E-state index in [2.05, 4.69) is 6.07 Å². The van der Waals surface area contributed by atoms with Gasteiger partial charge in [-0.15, -0.1) is 0 Å². The molecule has 0 aromatic heterocycles. The highest BCUT2D eigenvalue weighted by Crippen LogP contribution is 2.28. The van der Waals surface area contributed by atoms with Crippen molar-refractivity contribution >= 4 is 29.2 Å². The second-order valence-electron chi connectivity index (χ2n) is 6.15. The molecule has 0 N–H and O–H groups in total. The zero-order chi connectivity index (χ0) is 20.8. The fourth-order valence-electron chi connectivity index (χ4n) is 2.68. The Morgan fingerprint density at radius 3 is 2.55 bits per heavy atom. The van der Waals surface area contributed by atoms with Gasteiger partial charge in [0.25, 0.3) is 0 Å². The van der Waals surface area contributed by atoms with E-state index in [0.717, 1.165) is 0 Å². The van der Waals surface area contributed by atoms with E-state index in [4.69, 9.17) is 16.3 Å². The van der Waals surface area contributed by atoms with Crippen LogP contribution in [0.25, 0.3) is 11.6 Å². The predicted molar refractivity (Wildman–Crippen MR) is 106 cm³/mol. The molecule has 0 aliphatic rings. The first-order valence-electron chi connectivity index (χ1n) is 8.56. The van der Waals surface area contributed by atoms with Crippen LogP contribution in [0.3, 0.4) is 0 Å². The van der Waals surface area contributed by atoms with E-state index in [1.807, 2.05) is 0 Å². The molecule has 0 amide bonds. The fourth-order valence-corrected chi connectivity index (χ4v) is 2.92. The summed E-state index contributed by atoms with van der Waals surface area (Å²) in [5.41, 5.74) is 2.15. The Kier molecular flexibility index (Phi) is 6.28. The van der Waals surface area contributed by atoms with E-state index in [1.165, 1.54) is 30.3 Å². The summed E-state index contributed by atoms with van der Waals surface area (Å²) in [4.78, 5) is 10.9. The lowest BCUT2D eigenvalue weighted by Gasteiger charge is -2.10. The molecule has 0 unspecified atom stereocenters. The fraction of sp³-hybridized carbons (Fsp3) is 0.0435. The molecule has 0 saturated heterocycles. The molecular formula is C23H14ClFNO3-. The molecule has 0 spiro atoms. The monoisotopic (exact) mass is 406 g/mol. The van der Waals surface area contributed by atoms with Crippen molar-refractivity contribution in [1.29, 1.82) is 5.26 Å². The largest absolute Gasteiger partial charge is 0.545 e. The van der Waals surface area contributed by atoms with Crippen LogP contribution in [-0.4, -0.2) is 5.97 Å². The van der Waals surface area contributed by atoms with Gasteiger partial charge < -0.3 is 14.6 Å². The molecule has 3 rings (SSSR count). The van der Waals surface area contributed by atoms with E-state index < -0.39 is 11.8 Å². The van der Waals surface area contributed by atoms with E-state index >= 15 is 0 Å². The topological polar surface area (TPSA) is 73.1 Å². The molecule has 3 aromatic rings. The van der Waals surface area contributed by atoms with Crippen LogP contribution >= 0.6 is 11.6 Å². The van der Waals surface area contributed by atoms with Crippen LogP contribution in [0.5, 0.6) is 5.75 Å². The maximum atomic E-state index is 13.4. The number of carboxylic acids is 1. The molecule has 0 atom stereocenters. The lowest BCUT2D eigenvalue weighted by molar-refractivity contribution is -0.255. The lowest BCUT2D eigenvalue weighted by Crippen LogP contribution is -2.22. The van der Waals surface area contributed by atoms with Crippen LogP contribution in [0.1, 0.15) is 27.0 Å². The molecular weight excluding hydrogens is 393 g/mol. The van der Waals surface area contributed by atoms with Gasteiger partial charge in [-0.3, -0.25) is 0 Å². The van der Waals surface area contributed by atoms with Gasteiger partial charge in [-0.25, -0.2) is 4.39 Å². The quantitative estimate of drug-likeness (QED) is 0.446. The third-order valence-corrected chi connectivity index (χ3v) is 4.38. The van der Waals surface area contributed by atoms with Gasteiger partial charge in [0.15, 0.2) is 0 Å². The predicted octanol–water partition coefficient (Wildman–Crippen LogP) is 4.49. The van der Waals surface area contributed by atoms with Gasteiger partial charge in [0.2, 0.25) is 0 Å². The minimum absolute atomic E-state index is 0.0686. The van der Waals surface area contributed by atoms with Crippen LogP contribution in [0.4, 0.5) is 4.39 Å². The standard InChI is InChI=1S/C23H15ClFNO3/c24-21-11-15(9-19(13-26)17-4-2-6-20(25)12-17)7-8-22(21)29-14-16-3-1-5-18(10-16)23(27)28/h1-12H,14H2,(H,27,28)/p-1/b19-9+. The van der Waals surface area contributed by atoms with Crippen molar-refractivity contribution in [2.45, 2.75) is 6.61 Å². The number of ether oxygens (including phenoxy) is 1. The van der Waals surface area contributed by atoms with Gasteiger partial charge in [-0.05, 0) is 58.7 Å². The van der Waals surface area contributed by atoms with Crippen molar-refractivity contribution in [3.05, 3.63) is 99.8 Å². The first-order chi connectivity index (χ1) is 14.0. The highest BCUT2D eigenvalue weighted by molar-refractivity contribution is 6.32. The molecule has 4 nitrogen and oxygen atoms in total. The van der Waals surface area contributed by atoms with Crippen LogP contribution in [0.2, 0.25) is 5.02 Å². The maximum absolute atomic E-state index is 13.4. The molecule has 0 fully saturated rings. The molecule has 0 saturated carbocycles. The number of hydrogen-bond acceptors (Lipinski definition) is 4. The number of carbonyl (C=O) groups excluding carboxylic acids is 1. The number of hydrogen-bond donors (Lipinski definition) is 0. The van der Waals surface area contributed by atoms with E-state index in [0.29, 0.717) is 33.0 Å². The average Bonchev–Trinajstić information content (AvgIpc) is 2.71. The van der Waals surface area contributed by atoms with Gasteiger partial charge >= 0.3 is 0 Å². The molecule has 0 aliphatic heterocycles. The molecule has 29 heavy (non-hydrogen) atoms. The Bertz CT molecular complexity index is 1130. The van der Waals surface area contributed by atoms with Crippen molar-refractivity contribution in [3.8, 4) is 11.8 Å². The van der Waals surface area contributed by atoms with Crippen LogP contribution in [0, 0.1) is 17.1 Å². The Hall–Kier alpha value is -3.62. The number of aromatic carboxylic acids is 1. The zero-order valence-electron chi connectivity index (χ0n) is 15.1. The van der Waals surface area contributed by atoms with Crippen LogP contribution in [-0.2, 0) is 6.61 Å². The van der Waals surface area contributed by atoms with Crippen molar-refractivity contribution in [2.24, 2.45) is 0 Å². The minimum atomic E-state index is -1.26. The molecule has 0 bridgehead atoms.